The fourth-order valence-corrected chi connectivity index (χ4v) is 6.23. The molecule has 1 aromatic heterocycles. The number of nitrogens with zero attached hydrogens (tertiary/aromatic N) is 5. The van der Waals surface area contributed by atoms with Crippen LogP contribution in [0.4, 0.5) is 8.78 Å². The Morgan fingerprint density at radius 2 is 1.53 bits per heavy atom. The number of aromatic nitrogens is 2. The molecule has 2 aromatic carbocycles. The molecule has 2 aliphatic rings. The number of hydrogen-bond acceptors (Lipinski definition) is 9. The van der Waals surface area contributed by atoms with Crippen molar-refractivity contribution >= 4 is 30.7 Å². The first kappa shape index (κ1) is 36.2. The molecule has 5 rings (SSSR count). The zero-order valence-electron chi connectivity index (χ0n) is 25.1. The zero-order chi connectivity index (χ0) is 30.3. The average molecular weight is 671 g/mol. The fourth-order valence-electron chi connectivity index (χ4n) is 6.23. The van der Waals surface area contributed by atoms with Crippen LogP contribution in [0.3, 0.4) is 0 Å². The number of aliphatic hydroxyl groups excluding tert-OH is 1. The zero-order valence-corrected chi connectivity index (χ0v) is 26.8. The van der Waals surface area contributed by atoms with E-state index in [0.29, 0.717) is 38.3 Å². The van der Waals surface area contributed by atoms with E-state index < -0.39 is 19.6 Å². The smallest absolute Gasteiger partial charge is 0.322 e. The summed E-state index contributed by atoms with van der Waals surface area (Å²) < 4.78 is 42.5. The van der Waals surface area contributed by atoms with E-state index in [9.17, 15) is 18.7 Å². The van der Waals surface area contributed by atoms with Crippen molar-refractivity contribution in [1.82, 2.24) is 24.7 Å². The highest BCUT2D eigenvalue weighted by molar-refractivity contribution is 5.85. The van der Waals surface area contributed by atoms with Gasteiger partial charge in [0.25, 0.3) is 6.43 Å². The Morgan fingerprint density at radius 1 is 0.911 bits per heavy atom. The largest absolute Gasteiger partial charge is 0.481 e. The number of benzene rings is 2. The van der Waals surface area contributed by atoms with E-state index in [-0.39, 0.29) is 73.0 Å². The number of carbonyl (C=O) groups is 1. The molecule has 1 amide bonds. The van der Waals surface area contributed by atoms with E-state index in [2.05, 4.69) is 44.0 Å². The van der Waals surface area contributed by atoms with Gasteiger partial charge in [-0.05, 0) is 11.1 Å². The summed E-state index contributed by atoms with van der Waals surface area (Å²) in [5, 5.41) is 9.57. The van der Waals surface area contributed by atoms with Crippen LogP contribution in [-0.2, 0) is 11.3 Å². The molecule has 14 heteroatoms. The van der Waals surface area contributed by atoms with Crippen LogP contribution >= 0.6 is 24.8 Å². The van der Waals surface area contributed by atoms with E-state index in [1.54, 1.807) is 4.90 Å². The van der Waals surface area contributed by atoms with Crippen molar-refractivity contribution in [2.45, 2.75) is 31.0 Å². The number of ether oxygens (including phenoxy) is 3. The van der Waals surface area contributed by atoms with Gasteiger partial charge in [-0.25, -0.2) is 8.78 Å². The van der Waals surface area contributed by atoms with Crippen molar-refractivity contribution < 1.29 is 32.9 Å². The lowest BCUT2D eigenvalue weighted by atomic mass is 9.81. The Bertz CT molecular complexity index is 1330. The molecule has 246 valence electrons. The Morgan fingerprint density at radius 3 is 2.09 bits per heavy atom. The lowest BCUT2D eigenvalue weighted by Gasteiger charge is -2.53. The highest BCUT2D eigenvalue weighted by atomic mass is 35.5. The van der Waals surface area contributed by atoms with Gasteiger partial charge in [0.15, 0.2) is 6.61 Å². The van der Waals surface area contributed by atoms with Crippen molar-refractivity contribution in [2.75, 3.05) is 60.2 Å². The molecule has 10 nitrogen and oxygen atoms in total. The van der Waals surface area contributed by atoms with Gasteiger partial charge in [0.1, 0.15) is 6.61 Å². The number of carbonyl (C=O) groups excluding carboxylic acids is 1. The number of alkyl halides is 2. The van der Waals surface area contributed by atoms with Crippen LogP contribution in [0.2, 0.25) is 0 Å². The number of piperazine rings is 2. The maximum Gasteiger partial charge on any atom is 0.322 e. The topological polar surface area (TPSA) is 100 Å². The van der Waals surface area contributed by atoms with Crippen LogP contribution in [0.25, 0.3) is 0 Å². The summed E-state index contributed by atoms with van der Waals surface area (Å²) in [7, 11) is 2.83. The third-order valence-corrected chi connectivity index (χ3v) is 8.07. The molecule has 0 saturated carbocycles. The fraction of sp³-hybridized carbons (Fsp3) is 0.452. The van der Waals surface area contributed by atoms with Gasteiger partial charge in [-0.2, -0.15) is 9.97 Å². The van der Waals surface area contributed by atoms with E-state index in [1.165, 1.54) is 25.3 Å². The highest BCUT2D eigenvalue weighted by Crippen LogP contribution is 2.37. The number of aliphatic hydroxyl groups is 1. The normalized spacial score (nSPS) is 18.5. The predicted octanol–water partition coefficient (Wildman–Crippen LogP) is 3.50. The van der Waals surface area contributed by atoms with E-state index in [0.717, 1.165) is 0 Å². The van der Waals surface area contributed by atoms with Crippen LogP contribution < -0.4 is 14.2 Å². The number of amides is 1. The molecule has 0 aliphatic carbocycles. The molecule has 2 atom stereocenters. The lowest BCUT2D eigenvalue weighted by Crippen LogP contribution is -2.67. The van der Waals surface area contributed by atoms with Crippen molar-refractivity contribution in [2.24, 2.45) is 0 Å². The van der Waals surface area contributed by atoms with Crippen LogP contribution in [-0.4, -0.2) is 114 Å². The van der Waals surface area contributed by atoms with Crippen molar-refractivity contribution in [1.29, 1.82) is 0 Å². The first-order chi connectivity index (χ1) is 20.9. The third-order valence-electron chi connectivity index (χ3n) is 8.07. The molecule has 2 fully saturated rings. The molecule has 0 radical (unpaired) electrons. The third kappa shape index (κ3) is 8.50. The summed E-state index contributed by atoms with van der Waals surface area (Å²) in [5.74, 6) is -0.134. The van der Waals surface area contributed by atoms with Gasteiger partial charge < -0.3 is 24.2 Å². The summed E-state index contributed by atoms with van der Waals surface area (Å²) in [5.41, 5.74) is 2.77. The number of methoxy groups -OCH3 is 2. The van der Waals surface area contributed by atoms with Crippen LogP contribution in [0.1, 0.15) is 22.6 Å². The van der Waals surface area contributed by atoms with Crippen molar-refractivity contribution in [3.8, 4) is 17.8 Å². The van der Waals surface area contributed by atoms with Gasteiger partial charge >= 0.3 is 6.01 Å². The second-order valence-corrected chi connectivity index (χ2v) is 10.7. The minimum atomic E-state index is -2.69. The Labute approximate surface area is 274 Å². The monoisotopic (exact) mass is 669 g/mol. The maximum atomic E-state index is 13.2. The molecule has 0 bridgehead atoms. The molecular weight excluding hydrogens is 631 g/mol. The van der Waals surface area contributed by atoms with Gasteiger partial charge in [0.2, 0.25) is 17.7 Å². The van der Waals surface area contributed by atoms with Crippen molar-refractivity contribution in [3.63, 3.8) is 0 Å². The first-order valence-electron chi connectivity index (χ1n) is 14.3. The van der Waals surface area contributed by atoms with Crippen molar-refractivity contribution in [3.05, 3.63) is 77.4 Å². The molecule has 0 spiro atoms. The van der Waals surface area contributed by atoms with Gasteiger partial charge in [-0.15, -0.1) is 24.8 Å². The molecule has 1 N–H and O–H groups in total. The van der Waals surface area contributed by atoms with Crippen LogP contribution in [0, 0.1) is 0 Å². The van der Waals surface area contributed by atoms with Crippen LogP contribution in [0.15, 0.2) is 60.7 Å². The summed E-state index contributed by atoms with van der Waals surface area (Å²) in [6, 6.07) is 20.6. The lowest BCUT2D eigenvalue weighted by molar-refractivity contribution is -0.139. The minimum Gasteiger partial charge on any atom is -0.481 e. The van der Waals surface area contributed by atoms with Gasteiger partial charge in [-0.1, -0.05) is 60.7 Å². The maximum absolute atomic E-state index is 13.2. The summed E-state index contributed by atoms with van der Waals surface area (Å²) in [6.07, 6.45) is -2.69. The first-order valence-corrected chi connectivity index (χ1v) is 14.3. The second-order valence-electron chi connectivity index (χ2n) is 10.7. The molecule has 2 aliphatic heterocycles. The highest BCUT2D eigenvalue weighted by Gasteiger charge is 2.43. The SMILES string of the molecule is COc1nc(OC)c(CN2C[C@@H]3CN(C(=O)CO)CCN3[C@H](C(c3ccccc3)c3ccccc3)C2)c(OCC(F)F)n1.Cl.Cl. The van der Waals surface area contributed by atoms with Gasteiger partial charge in [0, 0.05) is 57.3 Å². The van der Waals surface area contributed by atoms with E-state index in [1.807, 2.05) is 36.4 Å². The Balaban J connectivity index is 0.00000276. The summed E-state index contributed by atoms with van der Waals surface area (Å²) in [6.45, 7) is 1.72. The predicted molar refractivity (Wildman–Crippen MR) is 169 cm³/mol. The van der Waals surface area contributed by atoms with Gasteiger partial charge in [0.05, 0.1) is 19.8 Å². The molecular formula is C31H39Cl2F2N5O5. The number of halogens is 4. The Kier molecular flexibility index (Phi) is 13.6. The van der Waals surface area contributed by atoms with Crippen LogP contribution in [0.5, 0.6) is 17.8 Å². The number of fused-ring (bicyclic) bond motifs is 1. The molecule has 45 heavy (non-hydrogen) atoms. The number of hydrogen-bond donors (Lipinski definition) is 1. The Hall–Kier alpha value is -3.29. The molecule has 3 aromatic rings. The molecule has 3 heterocycles. The second kappa shape index (κ2) is 16.9. The standard InChI is InChI=1S/C31H37F2N5O5.2ClH/c1-41-29-24(30(43-20-26(32)33)35-31(34-29)42-2)17-36-15-23-16-37(27(40)19-39)13-14-38(23)25(18-36)28(21-9-5-3-6-10-21)22-11-7-4-8-12-22;;/h3-12,23,25-26,28,39H,13-20H2,1-2H3;2*1H/t23-,25+;;/m1../s1. The van der Waals surface area contributed by atoms with Gasteiger partial charge in [-0.3, -0.25) is 14.6 Å². The quantitative estimate of drug-likeness (QED) is 0.329. The minimum absolute atomic E-state index is 0. The number of rotatable bonds is 11. The van der Waals surface area contributed by atoms with E-state index in [4.69, 9.17) is 14.2 Å². The van der Waals surface area contributed by atoms with E-state index >= 15 is 0 Å². The molecule has 2 saturated heterocycles. The molecule has 0 unspecified atom stereocenters. The summed E-state index contributed by atoms with van der Waals surface area (Å²) >= 11 is 0. The average Bonchev–Trinajstić information content (AvgIpc) is 3.04. The summed E-state index contributed by atoms with van der Waals surface area (Å²) in [4.78, 5) is 27.4.